The Morgan fingerprint density at radius 2 is 0.768 bits per heavy atom. The fourth-order valence-corrected chi connectivity index (χ4v) is 8.37. The predicted molar refractivity (Wildman–Crippen MR) is 238 cm³/mol. The Kier molecular flexibility index (Phi) is 17.0. The summed E-state index contributed by atoms with van der Waals surface area (Å²) in [4.78, 5) is 26.7. The van der Waals surface area contributed by atoms with E-state index < -0.39 is 206 Å². The third kappa shape index (κ3) is 14.6. The van der Waals surface area contributed by atoms with E-state index in [-0.39, 0.29) is 17.1 Å². The van der Waals surface area contributed by atoms with Gasteiger partial charge in [0.15, 0.2) is 12.7 Å². The van der Waals surface area contributed by atoms with Gasteiger partial charge in [0, 0.05) is 11.6 Å². The zero-order chi connectivity index (χ0) is 61.6. The molecule has 0 fully saturated rings. The van der Waals surface area contributed by atoms with Crippen LogP contribution in [0.4, 0.5) is 111 Å². The standard InChI is InChI=1S/C32H12BF24.C18H14N3O4/c34-25(35,36)13-1-14(26(37,38)39)6-21(5-13)33(22-7-15(27(40,41)42)2-16(8-22)28(43,44)45,23-9-17(29(46,47)48)3-18(10-23)30(49,50)51)24-11-19(31(52,53)54)4-20(12-24)32(55,56)57;22-18(25-16-8-4-7-15(11-16)21(23)24)17-12-19-9-10-20(17)13-14-5-2-1-3-6-14/h1-12H;1-12H,13H2/q-1;+1. The lowest BCUT2D eigenvalue weighted by Gasteiger charge is -2.46. The van der Waals surface area contributed by atoms with Gasteiger partial charge in [0.1, 0.15) is 18.1 Å². The number of aromatic nitrogens is 2. The highest BCUT2D eigenvalue weighted by Crippen LogP contribution is 2.41. The largest absolute Gasteiger partial charge is 0.418 e. The van der Waals surface area contributed by atoms with Crippen LogP contribution < -0.4 is 31.2 Å². The van der Waals surface area contributed by atoms with E-state index in [1.165, 1.54) is 30.5 Å². The highest BCUT2D eigenvalue weighted by atomic mass is 19.4. The van der Waals surface area contributed by atoms with Crippen LogP contribution in [0.2, 0.25) is 0 Å². The topological polar surface area (TPSA) is 86.2 Å². The number of esters is 1. The number of carbonyl (C=O) groups is 1. The molecule has 0 atom stereocenters. The van der Waals surface area contributed by atoms with Crippen LogP contribution in [-0.4, -0.2) is 22.0 Å². The molecule has 32 heteroatoms. The zero-order valence-electron chi connectivity index (χ0n) is 39.7. The van der Waals surface area contributed by atoms with E-state index in [1.54, 1.807) is 17.0 Å². The van der Waals surface area contributed by atoms with Crippen molar-refractivity contribution in [2.45, 2.75) is 56.0 Å². The molecule has 0 N–H and O–H groups in total. The van der Waals surface area contributed by atoms with Crippen LogP contribution in [0.5, 0.6) is 5.75 Å². The van der Waals surface area contributed by atoms with Crippen LogP contribution in [0.25, 0.3) is 0 Å². The molecule has 0 bridgehead atoms. The number of nitro groups is 1. The van der Waals surface area contributed by atoms with Crippen molar-refractivity contribution in [3.05, 3.63) is 212 Å². The minimum Gasteiger partial charge on any atom is -0.418 e. The molecule has 0 radical (unpaired) electrons. The van der Waals surface area contributed by atoms with Gasteiger partial charge in [0.05, 0.1) is 61.7 Å². The Bertz CT molecular complexity index is 3060. The molecule has 6 aromatic carbocycles. The van der Waals surface area contributed by atoms with E-state index >= 15 is 0 Å². The Labute approximate surface area is 442 Å². The summed E-state index contributed by atoms with van der Waals surface area (Å²) in [6.07, 6.45) is -50.1. The van der Waals surface area contributed by atoms with E-state index in [1.807, 2.05) is 30.3 Å². The summed E-state index contributed by atoms with van der Waals surface area (Å²) in [6, 6.07) is 6.31. The number of non-ortho nitro benzene ring substituents is 1. The molecule has 0 aliphatic carbocycles. The first-order valence-corrected chi connectivity index (χ1v) is 22.1. The number of benzene rings is 6. The van der Waals surface area contributed by atoms with Crippen molar-refractivity contribution in [1.82, 2.24) is 4.98 Å². The van der Waals surface area contributed by atoms with Crippen LogP contribution in [0.3, 0.4) is 0 Å². The molecule has 0 saturated heterocycles. The van der Waals surface area contributed by atoms with Crippen molar-refractivity contribution in [3.8, 4) is 5.75 Å². The minimum absolute atomic E-state index is 0.106. The van der Waals surface area contributed by atoms with E-state index in [9.17, 15) is 120 Å². The highest BCUT2D eigenvalue weighted by molar-refractivity contribution is 7.20. The summed E-state index contributed by atoms with van der Waals surface area (Å²) in [7, 11) is 0. The van der Waals surface area contributed by atoms with Crippen LogP contribution in [0, 0.1) is 10.1 Å². The van der Waals surface area contributed by atoms with Crippen molar-refractivity contribution < 1.29 is 124 Å². The molecule has 0 aliphatic rings. The van der Waals surface area contributed by atoms with E-state index in [4.69, 9.17) is 4.74 Å². The van der Waals surface area contributed by atoms with Crippen molar-refractivity contribution >= 4 is 39.7 Å². The number of carbonyl (C=O) groups excluding carboxylic acids is 1. The van der Waals surface area contributed by atoms with Gasteiger partial charge >= 0.3 is 61.1 Å². The maximum absolute atomic E-state index is 14.2. The Hall–Kier alpha value is -8.35. The zero-order valence-corrected chi connectivity index (χ0v) is 39.7. The number of rotatable bonds is 9. The van der Waals surface area contributed by atoms with Crippen LogP contribution in [-0.2, 0) is 56.0 Å². The molecular weight excluding hydrogens is 1170 g/mol. The smallest absolute Gasteiger partial charge is 0.416 e. The monoisotopic (exact) mass is 1200 g/mol. The maximum atomic E-state index is 14.2. The molecule has 82 heavy (non-hydrogen) atoms. The number of hydrogen-bond acceptors (Lipinski definition) is 5. The van der Waals surface area contributed by atoms with Gasteiger partial charge in [0.25, 0.3) is 5.69 Å². The lowest BCUT2D eigenvalue weighted by molar-refractivity contribution is -0.691. The minimum atomic E-state index is -6.13. The lowest BCUT2D eigenvalue weighted by atomic mass is 9.12. The van der Waals surface area contributed by atoms with Crippen molar-refractivity contribution in [1.29, 1.82) is 0 Å². The number of ether oxygens (including phenoxy) is 1. The van der Waals surface area contributed by atoms with Crippen LogP contribution >= 0.6 is 0 Å². The molecule has 0 spiro atoms. The summed E-state index contributed by atoms with van der Waals surface area (Å²) < 4.78 is 348. The normalized spacial score (nSPS) is 13.1. The molecule has 1 aromatic heterocycles. The molecule has 436 valence electrons. The van der Waals surface area contributed by atoms with E-state index in [0.717, 1.165) is 5.56 Å². The van der Waals surface area contributed by atoms with Gasteiger partial charge in [-0.1, -0.05) is 84.9 Å². The fourth-order valence-electron chi connectivity index (χ4n) is 8.37. The van der Waals surface area contributed by atoms with E-state index in [0.29, 0.717) is 6.54 Å². The first kappa shape index (κ1) is 62.8. The van der Waals surface area contributed by atoms with Crippen LogP contribution in [0.15, 0.2) is 146 Å². The molecule has 1 heterocycles. The molecule has 0 aliphatic heterocycles. The highest BCUT2D eigenvalue weighted by Gasteiger charge is 2.47. The quantitative estimate of drug-likeness (QED) is 0.0273. The number of nitro benzene ring substituents is 1. The fraction of sp³-hybridized carbons (Fsp3) is 0.180. The van der Waals surface area contributed by atoms with Gasteiger partial charge in [-0.05, 0) is 30.3 Å². The third-order valence-corrected chi connectivity index (χ3v) is 11.9. The summed E-state index contributed by atoms with van der Waals surface area (Å²) in [5.74, 6) is -0.529. The molecule has 0 unspecified atom stereocenters. The third-order valence-electron chi connectivity index (χ3n) is 11.9. The molecule has 7 aromatic rings. The van der Waals surface area contributed by atoms with Gasteiger partial charge in [-0.3, -0.25) is 15.1 Å². The molecule has 7 rings (SSSR count). The van der Waals surface area contributed by atoms with E-state index in [2.05, 4.69) is 4.98 Å². The average Bonchev–Trinajstić information content (AvgIpc) is 3.41. The maximum Gasteiger partial charge on any atom is 0.416 e. The van der Waals surface area contributed by atoms with Gasteiger partial charge < -0.3 is 4.74 Å². The van der Waals surface area contributed by atoms with Crippen molar-refractivity contribution in [2.24, 2.45) is 0 Å². The number of nitrogens with zero attached hydrogens (tertiary/aromatic N) is 3. The Morgan fingerprint density at radius 3 is 1.06 bits per heavy atom. The average molecular weight is 1200 g/mol. The second-order valence-electron chi connectivity index (χ2n) is 17.4. The van der Waals surface area contributed by atoms with Gasteiger partial charge in [-0.15, -0.1) is 0 Å². The summed E-state index contributed by atoms with van der Waals surface area (Å²) in [6.45, 7) is 0.475. The number of hydrogen-bond donors (Lipinski definition) is 0. The first-order valence-electron chi connectivity index (χ1n) is 22.1. The Balaban J connectivity index is 0.000000357. The lowest BCUT2D eigenvalue weighted by Crippen LogP contribution is -2.75. The van der Waals surface area contributed by atoms with Gasteiger partial charge in [-0.2, -0.15) is 132 Å². The molecule has 0 amide bonds. The molecular formula is C50H26BF24N3O4. The first-order chi connectivity index (χ1) is 37.4. The number of alkyl halides is 24. The molecule has 0 saturated carbocycles. The SMILES string of the molecule is FC(F)(F)c1cc([B-](c2cc(C(F)(F)F)cc(C(F)(F)F)c2)(c2cc(C(F)(F)F)cc(C(F)(F)F)c2)c2cc(C(F)(F)F)cc(C(F)(F)F)c2)cc(C(F)(F)F)c1.O=C(Oc1cccc([N+](=O)[O-])c1)c1cncc[n+]1Cc1ccccc1. The predicted octanol–water partition coefficient (Wildman–Crippen LogP) is 13.8. The summed E-state index contributed by atoms with van der Waals surface area (Å²) in [5.41, 5.74) is -29.1. The Morgan fingerprint density at radius 1 is 0.451 bits per heavy atom. The number of halogens is 24. The van der Waals surface area contributed by atoms with Crippen LogP contribution in [0.1, 0.15) is 60.6 Å². The van der Waals surface area contributed by atoms with Gasteiger partial charge in [0.2, 0.25) is 0 Å². The van der Waals surface area contributed by atoms with Gasteiger partial charge in [-0.25, -0.2) is 4.79 Å². The van der Waals surface area contributed by atoms with Crippen molar-refractivity contribution in [3.63, 3.8) is 0 Å². The molecule has 7 nitrogen and oxygen atoms in total. The summed E-state index contributed by atoms with van der Waals surface area (Å²) >= 11 is 0. The second-order valence-corrected chi connectivity index (χ2v) is 17.4. The van der Waals surface area contributed by atoms with Crippen molar-refractivity contribution in [2.75, 3.05) is 0 Å². The second kappa shape index (κ2) is 22.2. The summed E-state index contributed by atoms with van der Waals surface area (Å²) in [5, 5.41) is 10.8.